The van der Waals surface area contributed by atoms with Crippen LogP contribution in [-0.2, 0) is 0 Å². The molecule has 16 heavy (non-hydrogen) atoms. The van der Waals surface area contributed by atoms with E-state index >= 15 is 0 Å². The molecule has 0 spiro atoms. The number of piperidine rings is 1. The number of likely N-dealkylation sites (tertiary alicyclic amines) is 1. The molecule has 2 fully saturated rings. The average molecular weight is 240 g/mol. The lowest BCUT2D eigenvalue weighted by Crippen LogP contribution is -2.46. The molecule has 0 radical (unpaired) electrons. The van der Waals surface area contributed by atoms with Gasteiger partial charge < -0.3 is 5.73 Å². The van der Waals surface area contributed by atoms with Crippen LogP contribution in [0.3, 0.4) is 0 Å². The molecule has 92 valence electrons. The van der Waals surface area contributed by atoms with Gasteiger partial charge in [-0.15, -0.1) is 0 Å². The van der Waals surface area contributed by atoms with E-state index in [1.165, 1.54) is 45.1 Å². The van der Waals surface area contributed by atoms with Crippen LogP contribution in [0.25, 0.3) is 0 Å². The number of hydrogen-bond donors (Lipinski definition) is 1. The van der Waals surface area contributed by atoms with Gasteiger partial charge in [0.2, 0.25) is 0 Å². The van der Waals surface area contributed by atoms with Gasteiger partial charge in [-0.25, -0.2) is 0 Å². The topological polar surface area (TPSA) is 29.3 Å². The summed E-state index contributed by atoms with van der Waals surface area (Å²) >= 11 is 5.14. The monoisotopic (exact) mass is 240 g/mol. The zero-order valence-electron chi connectivity index (χ0n) is 10.3. The molecule has 1 aliphatic carbocycles. The van der Waals surface area contributed by atoms with Crippen molar-refractivity contribution >= 4 is 17.2 Å². The Labute approximate surface area is 105 Å². The molecule has 2 nitrogen and oxygen atoms in total. The standard InChI is InChI=1S/C13H24N2S/c1-10-4-6-12(7-5-10)15-8-2-3-11(9-15)13(14)16/h10-12H,2-9H2,1H3,(H2,14,16). The molecule has 2 aliphatic rings. The van der Waals surface area contributed by atoms with E-state index in [1.54, 1.807) is 0 Å². The van der Waals surface area contributed by atoms with Crippen molar-refractivity contribution in [2.45, 2.75) is 51.5 Å². The fraction of sp³-hybridized carbons (Fsp3) is 0.923. The lowest BCUT2D eigenvalue weighted by atomic mass is 9.85. The van der Waals surface area contributed by atoms with Crippen molar-refractivity contribution in [1.29, 1.82) is 0 Å². The smallest absolute Gasteiger partial charge is 0.0771 e. The Hall–Kier alpha value is -0.150. The molecule has 2 N–H and O–H groups in total. The predicted molar refractivity (Wildman–Crippen MR) is 72.5 cm³/mol. The van der Waals surface area contributed by atoms with E-state index in [4.69, 9.17) is 18.0 Å². The molecule has 1 saturated carbocycles. The molecule has 0 aromatic carbocycles. The fourth-order valence-corrected chi connectivity index (χ4v) is 3.37. The minimum absolute atomic E-state index is 0.475. The van der Waals surface area contributed by atoms with Gasteiger partial charge in [-0.05, 0) is 51.0 Å². The largest absolute Gasteiger partial charge is 0.393 e. The van der Waals surface area contributed by atoms with Crippen LogP contribution in [0.2, 0.25) is 0 Å². The van der Waals surface area contributed by atoms with E-state index in [-0.39, 0.29) is 0 Å². The van der Waals surface area contributed by atoms with Gasteiger partial charge in [0.15, 0.2) is 0 Å². The van der Waals surface area contributed by atoms with Crippen molar-refractivity contribution in [2.24, 2.45) is 17.6 Å². The van der Waals surface area contributed by atoms with E-state index in [1.807, 2.05) is 0 Å². The number of thiocarbonyl (C=S) groups is 1. The van der Waals surface area contributed by atoms with Gasteiger partial charge in [0.25, 0.3) is 0 Å². The Morgan fingerprint density at radius 3 is 2.50 bits per heavy atom. The van der Waals surface area contributed by atoms with Gasteiger partial charge in [0.05, 0.1) is 4.99 Å². The van der Waals surface area contributed by atoms with Gasteiger partial charge >= 0.3 is 0 Å². The number of hydrogen-bond acceptors (Lipinski definition) is 2. The van der Waals surface area contributed by atoms with Gasteiger partial charge in [-0.2, -0.15) is 0 Å². The third-order valence-electron chi connectivity index (χ3n) is 4.36. The van der Waals surface area contributed by atoms with E-state index in [2.05, 4.69) is 11.8 Å². The van der Waals surface area contributed by atoms with Crippen molar-refractivity contribution in [3.05, 3.63) is 0 Å². The van der Waals surface area contributed by atoms with Crippen molar-refractivity contribution in [1.82, 2.24) is 4.90 Å². The first-order chi connectivity index (χ1) is 7.66. The van der Waals surface area contributed by atoms with Gasteiger partial charge in [0, 0.05) is 18.5 Å². The average Bonchev–Trinajstić information content (AvgIpc) is 2.30. The third kappa shape index (κ3) is 2.95. The molecule has 3 heteroatoms. The van der Waals surface area contributed by atoms with Crippen molar-refractivity contribution in [2.75, 3.05) is 13.1 Å². The molecule has 1 heterocycles. The summed E-state index contributed by atoms with van der Waals surface area (Å²) in [6, 6.07) is 0.813. The Balaban J connectivity index is 1.87. The molecule has 0 aromatic rings. The van der Waals surface area contributed by atoms with E-state index in [0.717, 1.165) is 23.5 Å². The predicted octanol–water partition coefficient (Wildman–Crippen LogP) is 2.56. The maximum absolute atomic E-state index is 5.79. The molecule has 1 unspecified atom stereocenters. The zero-order valence-corrected chi connectivity index (χ0v) is 11.1. The molecule has 1 atom stereocenters. The van der Waals surface area contributed by atoms with Crippen LogP contribution in [0.5, 0.6) is 0 Å². The van der Waals surface area contributed by atoms with Gasteiger partial charge in [-0.3, -0.25) is 4.90 Å². The normalized spacial score (nSPS) is 37.2. The first-order valence-corrected chi connectivity index (χ1v) is 7.11. The summed E-state index contributed by atoms with van der Waals surface area (Å²) in [6.45, 7) is 4.76. The number of nitrogens with zero attached hydrogens (tertiary/aromatic N) is 1. The molecule has 2 rings (SSSR count). The van der Waals surface area contributed by atoms with E-state index in [9.17, 15) is 0 Å². The zero-order chi connectivity index (χ0) is 11.5. The molecule has 1 saturated heterocycles. The lowest BCUT2D eigenvalue weighted by molar-refractivity contribution is 0.105. The maximum Gasteiger partial charge on any atom is 0.0771 e. The van der Waals surface area contributed by atoms with Crippen molar-refractivity contribution < 1.29 is 0 Å². The Kier molecular flexibility index (Phi) is 4.20. The first kappa shape index (κ1) is 12.3. The molecule has 0 bridgehead atoms. The van der Waals surface area contributed by atoms with Crippen molar-refractivity contribution in [3.8, 4) is 0 Å². The second kappa shape index (κ2) is 5.46. The summed E-state index contributed by atoms with van der Waals surface area (Å²) in [5, 5.41) is 0. The highest BCUT2D eigenvalue weighted by Crippen LogP contribution is 2.29. The summed E-state index contributed by atoms with van der Waals surface area (Å²) in [5.41, 5.74) is 5.79. The lowest BCUT2D eigenvalue weighted by Gasteiger charge is -2.40. The van der Waals surface area contributed by atoms with Crippen LogP contribution in [0.15, 0.2) is 0 Å². The van der Waals surface area contributed by atoms with Crippen LogP contribution >= 0.6 is 12.2 Å². The maximum atomic E-state index is 5.79. The SMILES string of the molecule is CC1CCC(N2CCCC(C(N)=S)C2)CC1. The molecule has 0 amide bonds. The highest BCUT2D eigenvalue weighted by atomic mass is 32.1. The van der Waals surface area contributed by atoms with Gasteiger partial charge in [0.1, 0.15) is 0 Å². The van der Waals surface area contributed by atoms with Crippen LogP contribution in [0.4, 0.5) is 0 Å². The third-order valence-corrected chi connectivity index (χ3v) is 4.69. The van der Waals surface area contributed by atoms with Crippen LogP contribution in [0, 0.1) is 11.8 Å². The minimum Gasteiger partial charge on any atom is -0.393 e. The van der Waals surface area contributed by atoms with Crippen molar-refractivity contribution in [3.63, 3.8) is 0 Å². The molecule has 0 aromatic heterocycles. The second-order valence-electron chi connectivity index (χ2n) is 5.65. The first-order valence-electron chi connectivity index (χ1n) is 6.70. The quantitative estimate of drug-likeness (QED) is 0.752. The van der Waals surface area contributed by atoms with Crippen LogP contribution in [0.1, 0.15) is 45.4 Å². The van der Waals surface area contributed by atoms with E-state index < -0.39 is 0 Å². The summed E-state index contributed by atoms with van der Waals surface area (Å²) < 4.78 is 0. The minimum atomic E-state index is 0.475. The molecular weight excluding hydrogens is 216 g/mol. The highest BCUT2D eigenvalue weighted by molar-refractivity contribution is 7.80. The Morgan fingerprint density at radius 2 is 1.88 bits per heavy atom. The van der Waals surface area contributed by atoms with E-state index in [0.29, 0.717) is 5.92 Å². The Morgan fingerprint density at radius 1 is 1.19 bits per heavy atom. The summed E-state index contributed by atoms with van der Waals surface area (Å²) in [7, 11) is 0. The molecular formula is C13H24N2S. The van der Waals surface area contributed by atoms with Gasteiger partial charge in [-0.1, -0.05) is 19.1 Å². The fourth-order valence-electron chi connectivity index (χ4n) is 3.18. The Bertz CT molecular complexity index is 246. The highest BCUT2D eigenvalue weighted by Gasteiger charge is 2.29. The summed E-state index contributed by atoms with van der Waals surface area (Å²) in [6.07, 6.45) is 8.04. The van der Waals surface area contributed by atoms with Crippen LogP contribution < -0.4 is 5.73 Å². The number of rotatable bonds is 2. The molecule has 1 aliphatic heterocycles. The second-order valence-corrected chi connectivity index (χ2v) is 6.12. The summed E-state index contributed by atoms with van der Waals surface area (Å²) in [5.74, 6) is 1.41. The van der Waals surface area contributed by atoms with Crippen LogP contribution in [-0.4, -0.2) is 29.0 Å². The summed E-state index contributed by atoms with van der Waals surface area (Å²) in [4.78, 5) is 3.38. The number of nitrogens with two attached hydrogens (primary N) is 1.